The van der Waals surface area contributed by atoms with Gasteiger partial charge in [-0.1, -0.05) is 51.1 Å². The van der Waals surface area contributed by atoms with Crippen LogP contribution in [-0.2, 0) is 11.3 Å². The normalized spacial score (nSPS) is 25.7. The zero-order chi connectivity index (χ0) is 23.4. The molecule has 2 fully saturated rings. The molecule has 2 N–H and O–H groups in total. The average molecular weight is 450 g/mol. The molecule has 2 aliphatic carbocycles. The van der Waals surface area contributed by atoms with Crippen LogP contribution in [0.1, 0.15) is 71.3 Å². The molecule has 0 bridgehead atoms. The Morgan fingerprint density at radius 1 is 0.970 bits per heavy atom. The van der Waals surface area contributed by atoms with Crippen LogP contribution in [0.3, 0.4) is 0 Å². The molecule has 2 aromatic rings. The molecule has 2 unspecified atom stereocenters. The van der Waals surface area contributed by atoms with E-state index in [9.17, 15) is 9.90 Å². The van der Waals surface area contributed by atoms with Crippen LogP contribution in [0.4, 0.5) is 0 Å². The Morgan fingerprint density at radius 2 is 1.70 bits per heavy atom. The van der Waals surface area contributed by atoms with E-state index in [0.29, 0.717) is 17.6 Å². The number of carbonyl (C=O) groups is 1. The van der Waals surface area contributed by atoms with Gasteiger partial charge in [0, 0.05) is 12.6 Å². The van der Waals surface area contributed by atoms with Crippen molar-refractivity contribution in [2.75, 3.05) is 0 Å². The van der Waals surface area contributed by atoms with Crippen LogP contribution in [0.2, 0.25) is 0 Å². The maximum atomic E-state index is 11.2. The Morgan fingerprint density at radius 3 is 2.33 bits per heavy atom. The molecule has 0 spiro atoms. The van der Waals surface area contributed by atoms with Gasteiger partial charge in [0.2, 0.25) is 0 Å². The number of ether oxygens (including phenoxy) is 1. The number of hydrogen-bond donors (Lipinski definition) is 2. The van der Waals surface area contributed by atoms with Gasteiger partial charge in [0.25, 0.3) is 0 Å². The van der Waals surface area contributed by atoms with Crippen molar-refractivity contribution in [1.29, 1.82) is 0 Å². The molecule has 0 aliphatic heterocycles. The molecule has 4 nitrogen and oxygen atoms in total. The minimum atomic E-state index is -0.661. The highest BCUT2D eigenvalue weighted by atomic mass is 16.5. The van der Waals surface area contributed by atoms with Crippen molar-refractivity contribution in [2.24, 2.45) is 17.3 Å². The number of aliphatic carboxylic acids is 1. The lowest BCUT2D eigenvalue weighted by Crippen LogP contribution is -2.30. The third kappa shape index (κ3) is 6.38. The van der Waals surface area contributed by atoms with Crippen LogP contribution >= 0.6 is 0 Å². The van der Waals surface area contributed by atoms with E-state index in [1.54, 1.807) is 0 Å². The van der Waals surface area contributed by atoms with Crippen molar-refractivity contribution < 1.29 is 14.6 Å². The summed E-state index contributed by atoms with van der Waals surface area (Å²) in [4.78, 5) is 11.2. The summed E-state index contributed by atoms with van der Waals surface area (Å²) in [5.41, 5.74) is 4.00. The number of carboxylic acid groups (broad SMARTS) is 1. The SMILES string of the molecule is CC(C)(C)C1CCC(Oc2ccc(-c3cccc(CNC4CCC(C(=O)O)C4)c3)cc2)CC1. The molecule has 0 saturated heterocycles. The molecule has 33 heavy (non-hydrogen) atoms. The van der Waals surface area contributed by atoms with Crippen molar-refractivity contribution in [3.63, 3.8) is 0 Å². The smallest absolute Gasteiger partial charge is 0.306 e. The Hall–Kier alpha value is -2.33. The number of hydrogen-bond acceptors (Lipinski definition) is 3. The molecule has 178 valence electrons. The van der Waals surface area contributed by atoms with E-state index in [4.69, 9.17) is 4.74 Å². The topological polar surface area (TPSA) is 58.6 Å². The van der Waals surface area contributed by atoms with Crippen molar-refractivity contribution >= 4 is 5.97 Å². The summed E-state index contributed by atoms with van der Waals surface area (Å²) in [5.74, 6) is 0.910. The first-order chi connectivity index (χ1) is 15.8. The largest absolute Gasteiger partial charge is 0.490 e. The molecule has 2 aromatic carbocycles. The van der Waals surface area contributed by atoms with Gasteiger partial charge < -0.3 is 15.2 Å². The van der Waals surface area contributed by atoms with E-state index in [2.05, 4.69) is 74.6 Å². The number of benzene rings is 2. The van der Waals surface area contributed by atoms with Crippen molar-refractivity contribution in [2.45, 2.75) is 84.4 Å². The molecule has 2 atom stereocenters. The summed E-state index contributed by atoms with van der Waals surface area (Å²) in [6.45, 7) is 7.83. The lowest BCUT2D eigenvalue weighted by Gasteiger charge is -2.36. The van der Waals surface area contributed by atoms with Gasteiger partial charge in [-0.25, -0.2) is 0 Å². The van der Waals surface area contributed by atoms with Crippen LogP contribution in [0.15, 0.2) is 48.5 Å². The molecule has 4 heteroatoms. The lowest BCUT2D eigenvalue weighted by atomic mass is 9.72. The first kappa shape index (κ1) is 23.8. The molecule has 2 saturated carbocycles. The monoisotopic (exact) mass is 449 g/mol. The highest BCUT2D eigenvalue weighted by Crippen LogP contribution is 2.39. The fourth-order valence-electron chi connectivity index (χ4n) is 5.48. The third-order valence-electron chi connectivity index (χ3n) is 7.69. The second-order valence-corrected chi connectivity index (χ2v) is 11.1. The van der Waals surface area contributed by atoms with Crippen molar-refractivity contribution in [3.05, 3.63) is 54.1 Å². The van der Waals surface area contributed by atoms with E-state index >= 15 is 0 Å². The van der Waals surface area contributed by atoms with Gasteiger partial charge in [0.05, 0.1) is 12.0 Å². The second kappa shape index (κ2) is 10.3. The molecular weight excluding hydrogens is 410 g/mol. The van der Waals surface area contributed by atoms with Crippen LogP contribution in [-0.4, -0.2) is 23.2 Å². The number of nitrogens with one attached hydrogen (secondary N) is 1. The number of carboxylic acids is 1. The summed E-state index contributed by atoms with van der Waals surface area (Å²) in [6, 6.07) is 17.4. The van der Waals surface area contributed by atoms with Crippen LogP contribution in [0.5, 0.6) is 5.75 Å². The summed E-state index contributed by atoms with van der Waals surface area (Å²) in [7, 11) is 0. The predicted molar refractivity (Wildman–Crippen MR) is 133 cm³/mol. The number of rotatable bonds is 7. The molecule has 0 heterocycles. The molecule has 0 aromatic heterocycles. The Labute approximate surface area is 198 Å². The minimum Gasteiger partial charge on any atom is -0.490 e. The molecule has 4 rings (SSSR count). The standard InChI is InChI=1S/C29H39NO3/c1-29(2,3)24-10-15-27(16-11-24)33-26-13-8-21(9-14-26)22-6-4-5-20(17-22)19-30-25-12-7-23(18-25)28(31)32/h4-6,8-9,13-14,17,23-25,27,30H,7,10-12,15-16,18-19H2,1-3H3,(H,31,32). The fourth-order valence-corrected chi connectivity index (χ4v) is 5.48. The molecule has 2 aliphatic rings. The lowest BCUT2D eigenvalue weighted by molar-refractivity contribution is -0.141. The first-order valence-electron chi connectivity index (χ1n) is 12.6. The van der Waals surface area contributed by atoms with E-state index in [-0.39, 0.29) is 5.92 Å². The maximum absolute atomic E-state index is 11.2. The summed E-state index contributed by atoms with van der Waals surface area (Å²) >= 11 is 0. The average Bonchev–Trinajstić information content (AvgIpc) is 3.28. The van der Waals surface area contributed by atoms with Crippen LogP contribution in [0.25, 0.3) is 11.1 Å². The summed E-state index contributed by atoms with van der Waals surface area (Å²) in [6.07, 6.45) is 7.58. The first-order valence-corrected chi connectivity index (χ1v) is 12.6. The van der Waals surface area contributed by atoms with Crippen molar-refractivity contribution in [3.8, 4) is 16.9 Å². The van der Waals surface area contributed by atoms with Gasteiger partial charge in [-0.05, 0) is 91.2 Å². The van der Waals surface area contributed by atoms with Crippen molar-refractivity contribution in [1.82, 2.24) is 5.32 Å². The summed E-state index contributed by atoms with van der Waals surface area (Å²) in [5, 5.41) is 12.7. The zero-order valence-electron chi connectivity index (χ0n) is 20.3. The Kier molecular flexibility index (Phi) is 7.43. The van der Waals surface area contributed by atoms with Crippen LogP contribution < -0.4 is 10.1 Å². The summed E-state index contributed by atoms with van der Waals surface area (Å²) < 4.78 is 6.30. The van der Waals surface area contributed by atoms with Crippen LogP contribution in [0, 0.1) is 17.3 Å². The predicted octanol–water partition coefficient (Wildman–Crippen LogP) is 6.68. The molecule has 0 amide bonds. The maximum Gasteiger partial charge on any atom is 0.306 e. The van der Waals surface area contributed by atoms with E-state index in [1.807, 2.05) is 0 Å². The zero-order valence-corrected chi connectivity index (χ0v) is 20.3. The van der Waals surface area contributed by atoms with E-state index in [0.717, 1.165) is 50.3 Å². The van der Waals surface area contributed by atoms with Gasteiger partial charge in [0.1, 0.15) is 5.75 Å². The second-order valence-electron chi connectivity index (χ2n) is 11.1. The highest BCUT2D eigenvalue weighted by molar-refractivity contribution is 5.70. The van der Waals surface area contributed by atoms with E-state index < -0.39 is 5.97 Å². The van der Waals surface area contributed by atoms with Gasteiger partial charge >= 0.3 is 5.97 Å². The third-order valence-corrected chi connectivity index (χ3v) is 7.69. The fraction of sp³-hybridized carbons (Fsp3) is 0.552. The molecule has 0 radical (unpaired) electrons. The quantitative estimate of drug-likeness (QED) is 0.495. The van der Waals surface area contributed by atoms with Gasteiger partial charge in [-0.3, -0.25) is 4.79 Å². The molecular formula is C29H39NO3. The van der Waals surface area contributed by atoms with Gasteiger partial charge in [-0.2, -0.15) is 0 Å². The van der Waals surface area contributed by atoms with Gasteiger partial charge in [-0.15, -0.1) is 0 Å². The van der Waals surface area contributed by atoms with E-state index in [1.165, 1.54) is 29.5 Å². The van der Waals surface area contributed by atoms with Gasteiger partial charge in [0.15, 0.2) is 0 Å². The highest BCUT2D eigenvalue weighted by Gasteiger charge is 2.31. The Balaban J connectivity index is 1.30. The minimum absolute atomic E-state index is 0.192. The Bertz CT molecular complexity index is 923.